The number of hydrogen-bond donors (Lipinski definition) is 3. The number of aromatic amines is 1. The number of aromatic nitrogens is 4. The summed E-state index contributed by atoms with van der Waals surface area (Å²) in [5.41, 5.74) is 1.59. The zero-order valence-corrected chi connectivity index (χ0v) is 10.0. The number of ether oxygens (including phenoxy) is 1. The van der Waals surface area contributed by atoms with Crippen LogP contribution in [0.4, 0.5) is 5.95 Å². The first-order valence-electron chi connectivity index (χ1n) is 5.55. The molecule has 0 bridgehead atoms. The van der Waals surface area contributed by atoms with Crippen molar-refractivity contribution < 1.29 is 14.6 Å². The second-order valence-electron chi connectivity index (χ2n) is 3.92. The van der Waals surface area contributed by atoms with E-state index in [4.69, 9.17) is 9.84 Å². The van der Waals surface area contributed by atoms with Crippen LogP contribution in [0.3, 0.4) is 0 Å². The van der Waals surface area contributed by atoms with Crippen molar-refractivity contribution in [2.75, 3.05) is 19.0 Å². The Balaban J connectivity index is 2.02. The number of rotatable bonds is 4. The van der Waals surface area contributed by atoms with Crippen molar-refractivity contribution in [3.63, 3.8) is 0 Å². The molecule has 0 aliphatic carbocycles. The Morgan fingerprint density at radius 1 is 1.53 bits per heavy atom. The molecule has 0 atom stereocenters. The van der Waals surface area contributed by atoms with Gasteiger partial charge in [-0.05, 0) is 12.1 Å². The molecule has 19 heavy (non-hydrogen) atoms. The highest BCUT2D eigenvalue weighted by molar-refractivity contribution is 5.81. The van der Waals surface area contributed by atoms with Crippen molar-refractivity contribution in [3.8, 4) is 5.75 Å². The summed E-state index contributed by atoms with van der Waals surface area (Å²) >= 11 is 0. The smallest absolute Gasteiger partial charge is 0.322 e. The van der Waals surface area contributed by atoms with Gasteiger partial charge in [0.15, 0.2) is 0 Å². The minimum absolute atomic E-state index is 0.206. The van der Waals surface area contributed by atoms with E-state index in [0.717, 1.165) is 16.8 Å². The van der Waals surface area contributed by atoms with Crippen LogP contribution < -0.4 is 10.1 Å². The Morgan fingerprint density at radius 2 is 2.37 bits per heavy atom. The molecule has 0 saturated heterocycles. The maximum absolute atomic E-state index is 10.5. The van der Waals surface area contributed by atoms with Gasteiger partial charge in [-0.1, -0.05) is 0 Å². The standard InChI is InChI=1S/C11H11N5O3/c1-19-6-2-3-8-7(4-6)13-11-14-10(15-16(8)11)12-5-9(17)18/h2-4H,5H2,1H3,(H,17,18)(H2,12,13,14,15). The van der Waals surface area contributed by atoms with Crippen molar-refractivity contribution >= 4 is 28.7 Å². The van der Waals surface area contributed by atoms with Crippen molar-refractivity contribution in [2.45, 2.75) is 0 Å². The van der Waals surface area contributed by atoms with Gasteiger partial charge in [0.2, 0.25) is 5.95 Å². The average Bonchev–Trinajstić information content (AvgIpc) is 2.92. The van der Waals surface area contributed by atoms with Gasteiger partial charge in [0, 0.05) is 6.07 Å². The fraction of sp³-hybridized carbons (Fsp3) is 0.182. The number of methoxy groups -OCH3 is 1. The summed E-state index contributed by atoms with van der Waals surface area (Å²) in [4.78, 5) is 19.0. The van der Waals surface area contributed by atoms with Gasteiger partial charge in [-0.3, -0.25) is 9.89 Å². The monoisotopic (exact) mass is 261 g/mol. The van der Waals surface area contributed by atoms with Gasteiger partial charge in [-0.2, -0.15) is 4.98 Å². The number of carboxylic acid groups (broad SMARTS) is 1. The van der Waals surface area contributed by atoms with Crippen LogP contribution in [0.2, 0.25) is 0 Å². The van der Waals surface area contributed by atoms with E-state index in [0.29, 0.717) is 11.7 Å². The maximum Gasteiger partial charge on any atom is 0.322 e. The van der Waals surface area contributed by atoms with E-state index in [-0.39, 0.29) is 6.54 Å². The Hall–Kier alpha value is -2.77. The van der Waals surface area contributed by atoms with Gasteiger partial charge >= 0.3 is 5.97 Å². The van der Waals surface area contributed by atoms with E-state index in [2.05, 4.69) is 20.4 Å². The van der Waals surface area contributed by atoms with Gasteiger partial charge in [-0.15, -0.1) is 0 Å². The highest BCUT2D eigenvalue weighted by Gasteiger charge is 2.10. The summed E-state index contributed by atoms with van der Waals surface area (Å²) in [5.74, 6) is 0.597. The topological polar surface area (TPSA) is 105 Å². The number of aliphatic carboxylic acids is 1. The van der Waals surface area contributed by atoms with Crippen LogP contribution in [0.5, 0.6) is 5.75 Å². The molecule has 8 heteroatoms. The largest absolute Gasteiger partial charge is 0.497 e. The number of carbonyl (C=O) groups is 1. The first kappa shape index (κ1) is 11.3. The fourth-order valence-electron chi connectivity index (χ4n) is 1.83. The Kier molecular flexibility index (Phi) is 2.48. The summed E-state index contributed by atoms with van der Waals surface area (Å²) in [7, 11) is 1.59. The molecule has 3 N–H and O–H groups in total. The van der Waals surface area contributed by atoms with Gasteiger partial charge < -0.3 is 15.2 Å². The quantitative estimate of drug-likeness (QED) is 0.639. The van der Waals surface area contributed by atoms with Crippen LogP contribution >= 0.6 is 0 Å². The second kappa shape index (κ2) is 4.16. The summed E-state index contributed by atoms with van der Waals surface area (Å²) in [6.07, 6.45) is 0. The SMILES string of the molecule is COc1ccc2c(c1)nc1nc(NCC(=O)O)[nH]n12. The summed E-state index contributed by atoms with van der Waals surface area (Å²) < 4.78 is 6.81. The highest BCUT2D eigenvalue weighted by Crippen LogP contribution is 2.21. The number of nitrogens with one attached hydrogen (secondary N) is 2. The number of anilines is 1. The van der Waals surface area contributed by atoms with Crippen LogP contribution in [0.1, 0.15) is 0 Å². The van der Waals surface area contributed by atoms with E-state index in [9.17, 15) is 4.79 Å². The molecular weight excluding hydrogens is 250 g/mol. The summed E-state index contributed by atoms with van der Waals surface area (Å²) in [6.45, 7) is -0.206. The predicted molar refractivity (Wildman–Crippen MR) is 67.5 cm³/mol. The first-order chi connectivity index (χ1) is 9.17. The number of hydrogen-bond acceptors (Lipinski definition) is 5. The molecule has 1 aromatic carbocycles. The van der Waals surface area contributed by atoms with Gasteiger partial charge in [0.25, 0.3) is 5.78 Å². The molecule has 0 saturated carbocycles. The molecular formula is C11H11N5O3. The molecule has 0 spiro atoms. The van der Waals surface area contributed by atoms with E-state index in [1.54, 1.807) is 11.6 Å². The molecule has 98 valence electrons. The molecule has 0 amide bonds. The van der Waals surface area contributed by atoms with Crippen LogP contribution in [0.25, 0.3) is 16.8 Å². The Bertz CT molecular complexity index is 760. The number of nitrogens with zero attached hydrogens (tertiary/aromatic N) is 3. The number of fused-ring (bicyclic) bond motifs is 3. The van der Waals surface area contributed by atoms with Gasteiger partial charge in [-0.25, -0.2) is 9.50 Å². The lowest BCUT2D eigenvalue weighted by Crippen LogP contribution is -2.13. The van der Waals surface area contributed by atoms with E-state index in [1.807, 2.05) is 18.2 Å². The minimum Gasteiger partial charge on any atom is -0.497 e. The minimum atomic E-state index is -0.955. The molecule has 2 heterocycles. The molecule has 0 radical (unpaired) electrons. The molecule has 2 aromatic heterocycles. The van der Waals surface area contributed by atoms with Crippen molar-refractivity contribution in [1.29, 1.82) is 0 Å². The lowest BCUT2D eigenvalue weighted by molar-refractivity contribution is -0.134. The lowest BCUT2D eigenvalue weighted by Gasteiger charge is -1.98. The average molecular weight is 261 g/mol. The van der Waals surface area contributed by atoms with E-state index < -0.39 is 5.97 Å². The number of carboxylic acids is 1. The van der Waals surface area contributed by atoms with Crippen LogP contribution in [0.15, 0.2) is 18.2 Å². The van der Waals surface area contributed by atoms with Crippen molar-refractivity contribution in [3.05, 3.63) is 18.2 Å². The zero-order chi connectivity index (χ0) is 13.4. The highest BCUT2D eigenvalue weighted by atomic mass is 16.5. The third-order valence-corrected chi connectivity index (χ3v) is 2.68. The molecule has 0 aliphatic heterocycles. The molecule has 0 aliphatic rings. The third kappa shape index (κ3) is 1.92. The molecule has 3 aromatic rings. The van der Waals surface area contributed by atoms with Crippen LogP contribution in [0, 0.1) is 0 Å². The predicted octanol–water partition coefficient (Wildman–Crippen LogP) is 0.716. The fourth-order valence-corrected chi connectivity index (χ4v) is 1.83. The Labute approximate surface area is 107 Å². The van der Waals surface area contributed by atoms with Gasteiger partial charge in [0.05, 0.1) is 18.1 Å². The second-order valence-corrected chi connectivity index (χ2v) is 3.92. The number of H-pyrrole nitrogens is 1. The maximum atomic E-state index is 10.5. The molecule has 0 fully saturated rings. The summed E-state index contributed by atoms with van der Waals surface area (Å²) in [6, 6.07) is 5.48. The molecule has 3 rings (SSSR count). The molecule has 0 unspecified atom stereocenters. The van der Waals surface area contributed by atoms with Crippen molar-refractivity contribution in [1.82, 2.24) is 19.6 Å². The zero-order valence-electron chi connectivity index (χ0n) is 10.0. The van der Waals surface area contributed by atoms with Crippen molar-refractivity contribution in [2.24, 2.45) is 0 Å². The van der Waals surface area contributed by atoms with Crippen LogP contribution in [-0.4, -0.2) is 44.3 Å². The van der Waals surface area contributed by atoms with Gasteiger partial charge in [0.1, 0.15) is 12.3 Å². The summed E-state index contributed by atoms with van der Waals surface area (Å²) in [5, 5.41) is 14.2. The lowest BCUT2D eigenvalue weighted by atomic mass is 10.3. The molecule has 8 nitrogen and oxygen atoms in total. The first-order valence-corrected chi connectivity index (χ1v) is 5.55. The Morgan fingerprint density at radius 3 is 3.11 bits per heavy atom. The normalized spacial score (nSPS) is 11.0. The van der Waals surface area contributed by atoms with E-state index in [1.165, 1.54) is 0 Å². The van der Waals surface area contributed by atoms with E-state index >= 15 is 0 Å². The number of benzene rings is 1. The third-order valence-electron chi connectivity index (χ3n) is 2.68. The number of imidazole rings is 1. The van der Waals surface area contributed by atoms with Crippen LogP contribution in [-0.2, 0) is 4.79 Å².